The van der Waals surface area contributed by atoms with Crippen molar-refractivity contribution in [2.24, 2.45) is 0 Å². The van der Waals surface area contributed by atoms with Crippen LogP contribution in [0.15, 0.2) is 42.6 Å². The molecule has 0 aliphatic heterocycles. The third-order valence-electron chi connectivity index (χ3n) is 3.46. The molecule has 0 aliphatic rings. The summed E-state index contributed by atoms with van der Waals surface area (Å²) in [5, 5.41) is 7.81. The Morgan fingerprint density at radius 3 is 2.71 bits per heavy atom. The minimum atomic E-state index is 0.360. The van der Waals surface area contributed by atoms with E-state index in [1.54, 1.807) is 0 Å². The van der Waals surface area contributed by atoms with Crippen molar-refractivity contribution in [2.45, 2.75) is 26.3 Å². The van der Waals surface area contributed by atoms with Crippen LogP contribution in [0, 0.1) is 0 Å². The summed E-state index contributed by atoms with van der Waals surface area (Å²) in [6.07, 6.45) is 1.86. The van der Waals surface area contributed by atoms with Gasteiger partial charge in [-0.05, 0) is 11.5 Å². The fourth-order valence-electron chi connectivity index (χ4n) is 2.32. The Labute approximate surface area is 123 Å². The fourth-order valence-corrected chi connectivity index (χ4v) is 2.32. The highest BCUT2D eigenvalue weighted by atomic mass is 15.3. The number of nitrogens with two attached hydrogens (primary N) is 1. The molecule has 5 heteroatoms. The Hall–Kier alpha value is -2.56. The highest BCUT2D eigenvalue weighted by Gasteiger charge is 2.12. The number of aromatic nitrogens is 3. The molecule has 3 rings (SSSR count). The zero-order valence-electron chi connectivity index (χ0n) is 12.2. The van der Waals surface area contributed by atoms with Crippen LogP contribution >= 0.6 is 0 Å². The van der Waals surface area contributed by atoms with Crippen LogP contribution in [0.3, 0.4) is 0 Å². The maximum absolute atomic E-state index is 5.93. The van der Waals surface area contributed by atoms with Crippen LogP contribution in [0.2, 0.25) is 0 Å². The van der Waals surface area contributed by atoms with Crippen molar-refractivity contribution in [3.8, 4) is 0 Å². The van der Waals surface area contributed by atoms with Crippen LogP contribution in [-0.4, -0.2) is 14.6 Å². The summed E-state index contributed by atoms with van der Waals surface area (Å²) in [7, 11) is 0. The number of nitrogens with one attached hydrogen (secondary N) is 1. The Morgan fingerprint density at radius 2 is 2.00 bits per heavy atom. The molecule has 0 amide bonds. The molecule has 0 fully saturated rings. The maximum Gasteiger partial charge on any atom is 0.163 e. The molecule has 21 heavy (non-hydrogen) atoms. The van der Waals surface area contributed by atoms with E-state index in [0.717, 1.165) is 23.6 Å². The van der Waals surface area contributed by atoms with Crippen molar-refractivity contribution in [3.05, 3.63) is 53.7 Å². The summed E-state index contributed by atoms with van der Waals surface area (Å²) in [6.45, 7) is 4.97. The molecule has 0 atom stereocenters. The number of benzene rings is 1. The van der Waals surface area contributed by atoms with Crippen LogP contribution in [0.1, 0.15) is 30.9 Å². The molecule has 108 valence electrons. The van der Waals surface area contributed by atoms with Gasteiger partial charge in [0.2, 0.25) is 0 Å². The highest BCUT2D eigenvalue weighted by molar-refractivity contribution is 5.59. The quantitative estimate of drug-likeness (QED) is 0.771. The molecule has 2 heterocycles. The van der Waals surface area contributed by atoms with Gasteiger partial charge in [0, 0.05) is 18.2 Å². The summed E-state index contributed by atoms with van der Waals surface area (Å²) in [4.78, 5) is 4.41. The Morgan fingerprint density at radius 1 is 1.24 bits per heavy atom. The SMILES string of the molecule is CC(C)c1cnn2c(NCc3ccccc3)cc(N)nc12. The molecule has 0 aliphatic carbocycles. The summed E-state index contributed by atoms with van der Waals surface area (Å²) in [6, 6.07) is 12.0. The Kier molecular flexibility index (Phi) is 3.48. The van der Waals surface area contributed by atoms with Crippen LogP contribution in [-0.2, 0) is 6.54 Å². The molecule has 0 bridgehead atoms. The molecule has 3 N–H and O–H groups in total. The van der Waals surface area contributed by atoms with Gasteiger partial charge in [-0.25, -0.2) is 4.98 Å². The van der Waals surface area contributed by atoms with Gasteiger partial charge in [-0.3, -0.25) is 0 Å². The van der Waals surface area contributed by atoms with Gasteiger partial charge in [0.1, 0.15) is 11.6 Å². The number of hydrogen-bond donors (Lipinski definition) is 2. The first-order valence-corrected chi connectivity index (χ1v) is 7.07. The van der Waals surface area contributed by atoms with Crippen LogP contribution < -0.4 is 11.1 Å². The second kappa shape index (κ2) is 5.44. The molecule has 0 unspecified atom stereocenters. The average molecular weight is 281 g/mol. The van der Waals surface area contributed by atoms with Gasteiger partial charge in [-0.15, -0.1) is 0 Å². The molecule has 0 radical (unpaired) electrons. The van der Waals surface area contributed by atoms with E-state index in [0.29, 0.717) is 11.7 Å². The van der Waals surface area contributed by atoms with Gasteiger partial charge >= 0.3 is 0 Å². The van der Waals surface area contributed by atoms with E-state index in [9.17, 15) is 0 Å². The van der Waals surface area contributed by atoms with E-state index in [-0.39, 0.29) is 0 Å². The van der Waals surface area contributed by atoms with Crippen LogP contribution in [0.5, 0.6) is 0 Å². The van der Waals surface area contributed by atoms with Gasteiger partial charge < -0.3 is 11.1 Å². The van der Waals surface area contributed by atoms with Gasteiger partial charge in [0.05, 0.1) is 6.20 Å². The van der Waals surface area contributed by atoms with E-state index in [2.05, 4.69) is 41.4 Å². The zero-order valence-corrected chi connectivity index (χ0v) is 12.2. The number of nitrogen functional groups attached to an aromatic ring is 1. The normalized spacial score (nSPS) is 11.2. The van der Waals surface area contributed by atoms with Crippen LogP contribution in [0.4, 0.5) is 11.6 Å². The second-order valence-corrected chi connectivity index (χ2v) is 5.40. The van der Waals surface area contributed by atoms with Crippen LogP contribution in [0.25, 0.3) is 5.65 Å². The smallest absolute Gasteiger partial charge is 0.163 e. The summed E-state index contributed by atoms with van der Waals surface area (Å²) in [5.41, 5.74) is 9.06. The van der Waals surface area contributed by atoms with E-state index >= 15 is 0 Å². The lowest BCUT2D eigenvalue weighted by molar-refractivity contribution is 0.872. The van der Waals surface area contributed by atoms with E-state index in [4.69, 9.17) is 5.73 Å². The number of fused-ring (bicyclic) bond motifs is 1. The standard InChI is InChI=1S/C16H19N5/c1-11(2)13-10-19-21-15(8-14(17)20-16(13)21)18-9-12-6-4-3-5-7-12/h3-8,10-11,18H,9H2,1-2H3,(H2,17,20). The summed E-state index contributed by atoms with van der Waals surface area (Å²) < 4.78 is 1.81. The molecule has 1 aromatic carbocycles. The monoisotopic (exact) mass is 281 g/mol. The number of nitrogens with zero attached hydrogens (tertiary/aromatic N) is 3. The van der Waals surface area contributed by atoms with E-state index in [1.807, 2.05) is 35.0 Å². The number of anilines is 2. The minimum Gasteiger partial charge on any atom is -0.384 e. The molecule has 0 spiro atoms. The van der Waals surface area contributed by atoms with Crippen molar-refractivity contribution in [3.63, 3.8) is 0 Å². The molecule has 5 nitrogen and oxygen atoms in total. The first-order valence-electron chi connectivity index (χ1n) is 7.07. The molecule has 0 saturated carbocycles. The predicted octanol–water partition coefficient (Wildman–Crippen LogP) is 3.05. The third kappa shape index (κ3) is 2.67. The maximum atomic E-state index is 5.93. The second-order valence-electron chi connectivity index (χ2n) is 5.40. The lowest BCUT2D eigenvalue weighted by Crippen LogP contribution is -2.07. The first-order chi connectivity index (χ1) is 10.1. The van der Waals surface area contributed by atoms with E-state index < -0.39 is 0 Å². The van der Waals surface area contributed by atoms with E-state index in [1.165, 1.54) is 5.56 Å². The first kappa shape index (κ1) is 13.4. The Bertz CT molecular complexity index is 746. The Balaban J connectivity index is 1.95. The average Bonchev–Trinajstić information content (AvgIpc) is 2.89. The third-order valence-corrected chi connectivity index (χ3v) is 3.46. The topological polar surface area (TPSA) is 68.2 Å². The summed E-state index contributed by atoms with van der Waals surface area (Å²) >= 11 is 0. The van der Waals surface area contributed by atoms with Gasteiger partial charge in [-0.2, -0.15) is 9.61 Å². The highest BCUT2D eigenvalue weighted by Crippen LogP contribution is 2.23. The number of hydrogen-bond acceptors (Lipinski definition) is 4. The van der Waals surface area contributed by atoms with Crippen molar-refractivity contribution >= 4 is 17.3 Å². The van der Waals surface area contributed by atoms with Gasteiger partial charge in [0.25, 0.3) is 0 Å². The molecular weight excluding hydrogens is 262 g/mol. The zero-order chi connectivity index (χ0) is 14.8. The lowest BCUT2D eigenvalue weighted by atomic mass is 10.1. The van der Waals surface area contributed by atoms with Crippen molar-refractivity contribution < 1.29 is 0 Å². The van der Waals surface area contributed by atoms with Gasteiger partial charge in [0.15, 0.2) is 5.65 Å². The van der Waals surface area contributed by atoms with Crippen molar-refractivity contribution in [2.75, 3.05) is 11.1 Å². The van der Waals surface area contributed by atoms with Gasteiger partial charge in [-0.1, -0.05) is 44.2 Å². The minimum absolute atomic E-state index is 0.360. The fraction of sp³-hybridized carbons (Fsp3) is 0.250. The predicted molar refractivity (Wildman–Crippen MR) is 85.3 cm³/mol. The molecule has 3 aromatic rings. The molecular formula is C16H19N5. The van der Waals surface area contributed by atoms with Crippen molar-refractivity contribution in [1.82, 2.24) is 14.6 Å². The largest absolute Gasteiger partial charge is 0.384 e. The lowest BCUT2D eigenvalue weighted by Gasteiger charge is -2.10. The molecule has 2 aromatic heterocycles. The van der Waals surface area contributed by atoms with Crippen molar-refractivity contribution in [1.29, 1.82) is 0 Å². The molecule has 0 saturated heterocycles. The summed E-state index contributed by atoms with van der Waals surface area (Å²) in [5.74, 6) is 1.72. The number of rotatable bonds is 4.